The maximum atomic E-state index is 13.2. The summed E-state index contributed by atoms with van der Waals surface area (Å²) in [5.74, 6) is -0.237. The highest BCUT2D eigenvalue weighted by Crippen LogP contribution is 2.11. The van der Waals surface area contributed by atoms with Crippen molar-refractivity contribution in [1.29, 1.82) is 0 Å². The van der Waals surface area contributed by atoms with Gasteiger partial charge in [-0.3, -0.25) is 0 Å². The van der Waals surface area contributed by atoms with E-state index in [0.717, 1.165) is 10.9 Å². The van der Waals surface area contributed by atoms with E-state index in [-0.39, 0.29) is 12.4 Å². The van der Waals surface area contributed by atoms with Crippen LogP contribution >= 0.6 is 15.9 Å². The third-order valence-corrected chi connectivity index (χ3v) is 2.07. The molecule has 0 aromatic heterocycles. The van der Waals surface area contributed by atoms with Crippen LogP contribution < -0.4 is 5.73 Å². The van der Waals surface area contributed by atoms with Crippen molar-refractivity contribution < 1.29 is 4.39 Å². The first kappa shape index (κ1) is 10.4. The van der Waals surface area contributed by atoms with E-state index in [1.807, 2.05) is 18.2 Å². The Morgan fingerprint density at radius 2 is 2.23 bits per heavy atom. The van der Waals surface area contributed by atoms with Crippen molar-refractivity contribution in [3.05, 3.63) is 41.2 Å². The van der Waals surface area contributed by atoms with Crippen molar-refractivity contribution in [1.82, 2.24) is 0 Å². The summed E-state index contributed by atoms with van der Waals surface area (Å²) in [6, 6.07) is 5.05. The molecule has 1 aromatic carbocycles. The Balaban J connectivity index is 2.89. The highest BCUT2D eigenvalue weighted by molar-refractivity contribution is 9.09. The Morgan fingerprint density at radius 3 is 2.77 bits per heavy atom. The molecule has 0 saturated carbocycles. The second-order valence-corrected chi connectivity index (χ2v) is 3.26. The van der Waals surface area contributed by atoms with E-state index in [4.69, 9.17) is 5.73 Å². The zero-order chi connectivity index (χ0) is 9.68. The van der Waals surface area contributed by atoms with E-state index in [1.54, 1.807) is 6.07 Å². The van der Waals surface area contributed by atoms with Gasteiger partial charge in [0, 0.05) is 17.4 Å². The van der Waals surface area contributed by atoms with Crippen molar-refractivity contribution in [2.24, 2.45) is 5.73 Å². The third-order valence-electron chi connectivity index (χ3n) is 1.70. The molecule has 1 aromatic rings. The van der Waals surface area contributed by atoms with Crippen LogP contribution in [0.5, 0.6) is 0 Å². The number of halogens is 2. The van der Waals surface area contributed by atoms with Crippen molar-refractivity contribution in [2.45, 2.75) is 6.54 Å². The molecule has 0 aliphatic carbocycles. The summed E-state index contributed by atoms with van der Waals surface area (Å²) in [7, 11) is 0. The smallest absolute Gasteiger partial charge is 0.128 e. The van der Waals surface area contributed by atoms with Crippen LogP contribution in [0.3, 0.4) is 0 Å². The van der Waals surface area contributed by atoms with Crippen LogP contribution in [0.2, 0.25) is 0 Å². The van der Waals surface area contributed by atoms with Gasteiger partial charge in [0.2, 0.25) is 0 Å². The predicted octanol–water partition coefficient (Wildman–Crippen LogP) is 2.69. The van der Waals surface area contributed by atoms with Crippen molar-refractivity contribution in [2.75, 3.05) is 5.33 Å². The Morgan fingerprint density at radius 1 is 1.46 bits per heavy atom. The van der Waals surface area contributed by atoms with Gasteiger partial charge in [0.15, 0.2) is 0 Å². The summed E-state index contributed by atoms with van der Waals surface area (Å²) in [5, 5.41) is 0.771. The molecule has 0 aliphatic rings. The molecule has 3 heteroatoms. The molecule has 0 spiro atoms. The zero-order valence-corrected chi connectivity index (χ0v) is 8.72. The van der Waals surface area contributed by atoms with Crippen LogP contribution in [0.1, 0.15) is 11.1 Å². The minimum atomic E-state index is -0.237. The average molecular weight is 244 g/mol. The molecule has 0 amide bonds. The van der Waals surface area contributed by atoms with Gasteiger partial charge in [0.1, 0.15) is 5.82 Å². The number of rotatable bonds is 3. The molecule has 0 heterocycles. The summed E-state index contributed by atoms with van der Waals surface area (Å²) >= 11 is 3.25. The van der Waals surface area contributed by atoms with Gasteiger partial charge in [-0.25, -0.2) is 4.39 Å². The Labute approximate surface area is 85.6 Å². The minimum Gasteiger partial charge on any atom is -0.326 e. The molecule has 1 rings (SSSR count). The van der Waals surface area contributed by atoms with Crippen LogP contribution in [0.4, 0.5) is 4.39 Å². The van der Waals surface area contributed by atoms with E-state index in [2.05, 4.69) is 15.9 Å². The first-order valence-electron chi connectivity index (χ1n) is 3.99. The first-order chi connectivity index (χ1) is 6.27. The maximum absolute atomic E-state index is 13.2. The lowest BCUT2D eigenvalue weighted by molar-refractivity contribution is 0.610. The standard InChI is InChI=1S/C10H11BrFN/c11-5-1-2-8-3-4-9(7-13)10(12)6-8/h1-4,6H,5,7,13H2. The van der Waals surface area contributed by atoms with E-state index in [9.17, 15) is 4.39 Å². The van der Waals surface area contributed by atoms with Gasteiger partial charge in [-0.05, 0) is 11.6 Å². The topological polar surface area (TPSA) is 26.0 Å². The number of hydrogen-bond donors (Lipinski definition) is 1. The molecular weight excluding hydrogens is 233 g/mol. The molecule has 0 saturated heterocycles. The van der Waals surface area contributed by atoms with Crippen molar-refractivity contribution in [3.8, 4) is 0 Å². The Bertz CT molecular complexity index is 310. The number of benzene rings is 1. The van der Waals surface area contributed by atoms with Gasteiger partial charge in [-0.1, -0.05) is 40.2 Å². The summed E-state index contributed by atoms with van der Waals surface area (Å²) in [6.45, 7) is 0.244. The summed E-state index contributed by atoms with van der Waals surface area (Å²) in [4.78, 5) is 0. The van der Waals surface area contributed by atoms with Crippen LogP contribution in [-0.2, 0) is 6.54 Å². The fraction of sp³-hybridized carbons (Fsp3) is 0.200. The van der Waals surface area contributed by atoms with Crippen molar-refractivity contribution >= 4 is 22.0 Å². The van der Waals surface area contributed by atoms with Crippen molar-refractivity contribution in [3.63, 3.8) is 0 Å². The first-order valence-corrected chi connectivity index (χ1v) is 5.11. The fourth-order valence-electron chi connectivity index (χ4n) is 1.01. The number of hydrogen-bond acceptors (Lipinski definition) is 1. The fourth-order valence-corrected chi connectivity index (χ4v) is 1.20. The van der Waals surface area contributed by atoms with E-state index >= 15 is 0 Å². The molecule has 0 fully saturated rings. The third kappa shape index (κ3) is 2.94. The van der Waals surface area contributed by atoms with Gasteiger partial charge in [-0.15, -0.1) is 0 Å². The largest absolute Gasteiger partial charge is 0.326 e. The molecule has 13 heavy (non-hydrogen) atoms. The van der Waals surface area contributed by atoms with Crippen LogP contribution in [-0.4, -0.2) is 5.33 Å². The molecule has 0 aliphatic heterocycles. The highest BCUT2D eigenvalue weighted by Gasteiger charge is 1.99. The molecule has 0 atom stereocenters. The normalized spacial score (nSPS) is 11.0. The number of alkyl halides is 1. The molecule has 2 N–H and O–H groups in total. The van der Waals surface area contributed by atoms with Gasteiger partial charge < -0.3 is 5.73 Å². The molecule has 70 valence electrons. The summed E-state index contributed by atoms with van der Waals surface area (Å²) in [6.07, 6.45) is 3.77. The van der Waals surface area contributed by atoms with Crippen LogP contribution in [0, 0.1) is 5.82 Å². The van der Waals surface area contributed by atoms with Gasteiger partial charge in [0.25, 0.3) is 0 Å². The van der Waals surface area contributed by atoms with Gasteiger partial charge in [-0.2, -0.15) is 0 Å². The van der Waals surface area contributed by atoms with E-state index in [0.29, 0.717) is 5.56 Å². The molecule has 0 bridgehead atoms. The zero-order valence-electron chi connectivity index (χ0n) is 7.13. The molecular formula is C10H11BrFN. The van der Waals surface area contributed by atoms with Gasteiger partial charge in [0.05, 0.1) is 0 Å². The molecule has 1 nitrogen and oxygen atoms in total. The monoisotopic (exact) mass is 243 g/mol. The minimum absolute atomic E-state index is 0.237. The number of allylic oxidation sites excluding steroid dienone is 1. The van der Waals surface area contributed by atoms with E-state index < -0.39 is 0 Å². The Kier molecular flexibility index (Phi) is 4.12. The maximum Gasteiger partial charge on any atom is 0.128 e. The van der Waals surface area contributed by atoms with Crippen LogP contribution in [0.15, 0.2) is 24.3 Å². The lowest BCUT2D eigenvalue weighted by Crippen LogP contribution is -1.99. The summed E-state index contributed by atoms with van der Waals surface area (Å²) < 4.78 is 13.2. The lowest BCUT2D eigenvalue weighted by atomic mass is 10.1. The van der Waals surface area contributed by atoms with Crippen LogP contribution in [0.25, 0.3) is 6.08 Å². The van der Waals surface area contributed by atoms with Gasteiger partial charge >= 0.3 is 0 Å². The SMILES string of the molecule is NCc1ccc(C=CCBr)cc1F. The lowest BCUT2D eigenvalue weighted by Gasteiger charge is -2.00. The molecule has 0 unspecified atom stereocenters. The number of nitrogens with two attached hydrogens (primary N) is 1. The average Bonchev–Trinajstić information content (AvgIpc) is 2.15. The summed E-state index contributed by atoms with van der Waals surface area (Å²) in [5.41, 5.74) is 6.74. The molecule has 0 radical (unpaired) electrons. The quantitative estimate of drug-likeness (QED) is 0.813. The highest BCUT2D eigenvalue weighted by atomic mass is 79.9. The van der Waals surface area contributed by atoms with E-state index in [1.165, 1.54) is 6.07 Å². The second kappa shape index (κ2) is 5.14. The second-order valence-electron chi connectivity index (χ2n) is 2.61. The predicted molar refractivity (Wildman–Crippen MR) is 57.1 cm³/mol. The Hall–Kier alpha value is -0.670.